The molecule has 18 heavy (non-hydrogen) atoms. The van der Waals surface area contributed by atoms with E-state index in [1.165, 1.54) is 4.88 Å². The lowest BCUT2D eigenvalue weighted by Gasteiger charge is -2.19. The maximum atomic E-state index is 11.3. The van der Waals surface area contributed by atoms with E-state index in [1.54, 1.807) is 11.3 Å². The van der Waals surface area contributed by atoms with E-state index in [2.05, 4.69) is 30.1 Å². The zero-order valence-electron chi connectivity index (χ0n) is 11.3. The van der Waals surface area contributed by atoms with E-state index in [0.29, 0.717) is 13.0 Å². The minimum absolute atomic E-state index is 0.393. The molecular weight excluding hydrogens is 246 g/mol. The van der Waals surface area contributed by atoms with Gasteiger partial charge in [0.15, 0.2) is 0 Å². The highest BCUT2D eigenvalue weighted by Crippen LogP contribution is 2.11. The first-order valence-electron chi connectivity index (χ1n) is 5.88. The van der Waals surface area contributed by atoms with Crippen LogP contribution in [0.25, 0.3) is 0 Å². The fraction of sp³-hybridized carbons (Fsp3) is 0.500. The number of hydrogen-bond donors (Lipinski definition) is 1. The Labute approximate surface area is 113 Å². The van der Waals surface area contributed by atoms with Gasteiger partial charge in [0.25, 0.3) is 0 Å². The molecule has 0 fully saturated rings. The van der Waals surface area contributed by atoms with E-state index < -0.39 is 11.7 Å². The van der Waals surface area contributed by atoms with Gasteiger partial charge in [0, 0.05) is 28.8 Å². The minimum Gasteiger partial charge on any atom is -0.444 e. The first-order valence-corrected chi connectivity index (χ1v) is 6.75. The quantitative estimate of drug-likeness (QED) is 0.658. The van der Waals surface area contributed by atoms with Crippen LogP contribution in [0, 0.1) is 18.8 Å². The predicted molar refractivity (Wildman–Crippen MR) is 74.8 cm³/mol. The summed E-state index contributed by atoms with van der Waals surface area (Å²) in [6, 6.07) is 2.05. The molecule has 1 N–H and O–H groups in total. The molecule has 0 bridgehead atoms. The normalized spacial score (nSPS) is 10.4. The van der Waals surface area contributed by atoms with Gasteiger partial charge >= 0.3 is 6.09 Å². The summed E-state index contributed by atoms with van der Waals surface area (Å²) in [4.78, 5) is 12.6. The lowest BCUT2D eigenvalue weighted by molar-refractivity contribution is 0.0529. The van der Waals surface area contributed by atoms with Crippen LogP contribution < -0.4 is 5.32 Å². The fourth-order valence-corrected chi connectivity index (χ4v) is 1.85. The summed E-state index contributed by atoms with van der Waals surface area (Å²) in [7, 11) is 0. The van der Waals surface area contributed by atoms with E-state index in [4.69, 9.17) is 4.74 Å². The summed E-state index contributed by atoms with van der Waals surface area (Å²) in [6.45, 7) is 8.08. The Hall–Kier alpha value is -1.47. The molecule has 3 nitrogen and oxygen atoms in total. The highest BCUT2D eigenvalue weighted by atomic mass is 32.1. The van der Waals surface area contributed by atoms with E-state index in [-0.39, 0.29) is 0 Å². The predicted octanol–water partition coefficient (Wildman–Crippen LogP) is 3.32. The van der Waals surface area contributed by atoms with Crippen molar-refractivity contribution in [2.45, 2.75) is 39.7 Å². The van der Waals surface area contributed by atoms with Gasteiger partial charge in [-0.15, -0.1) is 11.3 Å². The van der Waals surface area contributed by atoms with Crippen molar-refractivity contribution >= 4 is 17.4 Å². The van der Waals surface area contributed by atoms with Crippen molar-refractivity contribution < 1.29 is 9.53 Å². The number of carbonyl (C=O) groups excluding carboxylic acids is 1. The third-order valence-electron chi connectivity index (χ3n) is 1.88. The molecular formula is C14H19NO2S. The third kappa shape index (κ3) is 6.31. The van der Waals surface area contributed by atoms with Crippen molar-refractivity contribution in [1.29, 1.82) is 0 Å². The molecule has 0 saturated heterocycles. The van der Waals surface area contributed by atoms with Crippen LogP contribution in [0.2, 0.25) is 0 Å². The summed E-state index contributed by atoms with van der Waals surface area (Å²) in [5.74, 6) is 6.08. The Bertz CT molecular complexity index is 460. The van der Waals surface area contributed by atoms with Crippen LogP contribution in [0.15, 0.2) is 11.4 Å². The van der Waals surface area contributed by atoms with Crippen molar-refractivity contribution in [3.8, 4) is 11.8 Å². The number of nitrogens with one attached hydrogen (secondary N) is 1. The first-order chi connectivity index (χ1) is 8.37. The molecule has 1 aromatic rings. The minimum atomic E-state index is -0.454. The Balaban J connectivity index is 2.23. The summed E-state index contributed by atoms with van der Waals surface area (Å²) >= 11 is 1.69. The van der Waals surface area contributed by atoms with Crippen molar-refractivity contribution in [2.24, 2.45) is 0 Å². The lowest BCUT2D eigenvalue weighted by Crippen LogP contribution is -2.32. The van der Waals surface area contributed by atoms with Crippen molar-refractivity contribution in [3.63, 3.8) is 0 Å². The number of amides is 1. The van der Waals surface area contributed by atoms with E-state index >= 15 is 0 Å². The molecule has 0 spiro atoms. The standard InChI is InChI=1S/C14H19NO2S/c1-11-9-12(10-18-11)7-5-6-8-15-13(16)17-14(2,3)4/h9-10H,6,8H2,1-4H3,(H,15,16). The van der Waals surface area contributed by atoms with E-state index in [9.17, 15) is 4.79 Å². The molecule has 1 rings (SSSR count). The fourth-order valence-electron chi connectivity index (χ4n) is 1.21. The van der Waals surface area contributed by atoms with E-state index in [0.717, 1.165) is 5.56 Å². The van der Waals surface area contributed by atoms with Gasteiger partial charge in [0.2, 0.25) is 0 Å². The average Bonchev–Trinajstić information content (AvgIpc) is 2.61. The van der Waals surface area contributed by atoms with Gasteiger partial charge in [-0.1, -0.05) is 11.8 Å². The van der Waals surface area contributed by atoms with Crippen LogP contribution in [0.4, 0.5) is 4.79 Å². The van der Waals surface area contributed by atoms with Crippen LogP contribution in [0.3, 0.4) is 0 Å². The Morgan fingerprint density at radius 3 is 2.78 bits per heavy atom. The van der Waals surface area contributed by atoms with Crippen LogP contribution >= 0.6 is 11.3 Å². The maximum Gasteiger partial charge on any atom is 0.407 e. The second-order valence-corrected chi connectivity index (χ2v) is 6.04. The van der Waals surface area contributed by atoms with Crippen LogP contribution in [-0.2, 0) is 4.74 Å². The zero-order chi connectivity index (χ0) is 13.6. The number of ether oxygens (including phenoxy) is 1. The monoisotopic (exact) mass is 265 g/mol. The molecule has 0 unspecified atom stereocenters. The van der Waals surface area contributed by atoms with Gasteiger partial charge in [0.05, 0.1) is 0 Å². The highest BCUT2D eigenvalue weighted by molar-refractivity contribution is 7.10. The second-order valence-electron chi connectivity index (χ2n) is 4.93. The number of aryl methyl sites for hydroxylation is 1. The molecule has 0 aliphatic rings. The molecule has 1 heterocycles. The molecule has 0 aliphatic carbocycles. The molecule has 0 aromatic carbocycles. The first kappa shape index (κ1) is 14.6. The van der Waals surface area contributed by atoms with Gasteiger partial charge in [-0.2, -0.15) is 0 Å². The summed E-state index contributed by atoms with van der Waals surface area (Å²) in [6.07, 6.45) is 0.226. The number of carbonyl (C=O) groups is 1. The van der Waals surface area contributed by atoms with Crippen LogP contribution in [0.5, 0.6) is 0 Å². The molecule has 0 radical (unpaired) electrons. The van der Waals surface area contributed by atoms with Crippen molar-refractivity contribution in [1.82, 2.24) is 5.32 Å². The van der Waals surface area contributed by atoms with Crippen molar-refractivity contribution in [2.75, 3.05) is 6.54 Å². The summed E-state index contributed by atoms with van der Waals surface area (Å²) in [5, 5.41) is 4.70. The number of alkyl carbamates (subject to hydrolysis) is 1. The van der Waals surface area contributed by atoms with Gasteiger partial charge < -0.3 is 10.1 Å². The summed E-state index contributed by atoms with van der Waals surface area (Å²) < 4.78 is 5.11. The molecule has 0 atom stereocenters. The highest BCUT2D eigenvalue weighted by Gasteiger charge is 2.15. The van der Waals surface area contributed by atoms with Gasteiger partial charge in [-0.3, -0.25) is 0 Å². The zero-order valence-corrected chi connectivity index (χ0v) is 12.1. The Kier molecular flexibility index (Phi) is 5.24. The molecule has 98 valence electrons. The van der Waals surface area contributed by atoms with Crippen molar-refractivity contribution in [3.05, 3.63) is 21.9 Å². The second kappa shape index (κ2) is 6.46. The third-order valence-corrected chi connectivity index (χ3v) is 2.74. The van der Waals surface area contributed by atoms with Gasteiger partial charge in [-0.05, 0) is 33.8 Å². The summed E-state index contributed by atoms with van der Waals surface area (Å²) in [5.41, 5.74) is 0.582. The van der Waals surface area contributed by atoms with Gasteiger partial charge in [-0.25, -0.2) is 4.79 Å². The van der Waals surface area contributed by atoms with E-state index in [1.807, 2.05) is 26.2 Å². The number of thiophene rings is 1. The largest absolute Gasteiger partial charge is 0.444 e. The number of hydrogen-bond acceptors (Lipinski definition) is 3. The molecule has 4 heteroatoms. The molecule has 1 amide bonds. The van der Waals surface area contributed by atoms with Gasteiger partial charge in [0.1, 0.15) is 5.60 Å². The lowest BCUT2D eigenvalue weighted by atomic mass is 10.2. The van der Waals surface area contributed by atoms with Crippen LogP contribution in [0.1, 0.15) is 37.6 Å². The number of rotatable bonds is 2. The smallest absolute Gasteiger partial charge is 0.407 e. The van der Waals surface area contributed by atoms with Crippen LogP contribution in [-0.4, -0.2) is 18.2 Å². The molecule has 0 aliphatic heterocycles. The Morgan fingerprint density at radius 1 is 1.50 bits per heavy atom. The molecule has 1 aromatic heterocycles. The average molecular weight is 265 g/mol. The topological polar surface area (TPSA) is 38.3 Å². The molecule has 0 saturated carbocycles. The maximum absolute atomic E-state index is 11.3. The SMILES string of the molecule is Cc1cc(C#CCCNC(=O)OC(C)(C)C)cs1. The Morgan fingerprint density at radius 2 is 2.22 bits per heavy atom.